The summed E-state index contributed by atoms with van der Waals surface area (Å²) in [6.07, 6.45) is 1.80. The van der Waals surface area contributed by atoms with Gasteiger partial charge in [-0.2, -0.15) is 0 Å². The number of nitrogens with one attached hydrogen (secondary N) is 1. The highest BCUT2D eigenvalue weighted by atomic mass is 127. The van der Waals surface area contributed by atoms with Crippen molar-refractivity contribution in [3.8, 4) is 11.5 Å². The van der Waals surface area contributed by atoms with E-state index in [2.05, 4.69) is 57.2 Å². The molecule has 37 heavy (non-hydrogen) atoms. The molecule has 0 spiro atoms. The van der Waals surface area contributed by atoms with Crippen LogP contribution in [0, 0.1) is 3.57 Å². The Kier molecular flexibility index (Phi) is 7.95. The van der Waals surface area contributed by atoms with E-state index < -0.39 is 0 Å². The summed E-state index contributed by atoms with van der Waals surface area (Å²) in [5.41, 5.74) is 2.50. The molecule has 186 valence electrons. The monoisotopic (exact) mass is 660 g/mol. The van der Waals surface area contributed by atoms with Crippen molar-refractivity contribution >= 4 is 91.2 Å². The van der Waals surface area contributed by atoms with Crippen LogP contribution in [0.1, 0.15) is 11.1 Å². The first-order chi connectivity index (χ1) is 17.9. The van der Waals surface area contributed by atoms with Gasteiger partial charge in [-0.05, 0) is 92.7 Å². The van der Waals surface area contributed by atoms with Gasteiger partial charge in [0.05, 0.1) is 31.3 Å². The largest absolute Gasteiger partial charge is 0.493 e. The highest BCUT2D eigenvalue weighted by molar-refractivity contribution is 14.1. The van der Waals surface area contributed by atoms with E-state index in [1.54, 1.807) is 31.4 Å². The van der Waals surface area contributed by atoms with Crippen LogP contribution in [0.15, 0.2) is 82.7 Å². The highest BCUT2D eigenvalue weighted by Gasteiger charge is 2.24. The third-order valence-corrected chi connectivity index (χ3v) is 8.04. The lowest BCUT2D eigenvalue weighted by molar-refractivity contribution is -0.115. The lowest BCUT2D eigenvalue weighted by Crippen LogP contribution is -2.19. The molecule has 1 fully saturated rings. The van der Waals surface area contributed by atoms with Crippen LogP contribution in [0.3, 0.4) is 0 Å². The second-order valence-corrected chi connectivity index (χ2v) is 11.0. The van der Waals surface area contributed by atoms with Gasteiger partial charge in [-0.25, -0.2) is 4.99 Å². The Labute approximate surface area is 242 Å². The Morgan fingerprint density at radius 1 is 1.03 bits per heavy atom. The minimum Gasteiger partial charge on any atom is -0.493 e. The van der Waals surface area contributed by atoms with E-state index in [1.165, 1.54) is 17.1 Å². The second kappa shape index (κ2) is 11.3. The summed E-state index contributed by atoms with van der Waals surface area (Å²) in [6.45, 7) is 0.404. The van der Waals surface area contributed by atoms with Gasteiger partial charge in [0.1, 0.15) is 6.61 Å². The number of carbonyl (C=O) groups is 1. The highest BCUT2D eigenvalue weighted by Crippen LogP contribution is 2.37. The van der Waals surface area contributed by atoms with E-state index in [-0.39, 0.29) is 5.91 Å². The predicted octanol–water partition coefficient (Wildman–Crippen LogP) is 8.23. The molecule has 5 nitrogen and oxygen atoms in total. The third kappa shape index (κ3) is 5.90. The van der Waals surface area contributed by atoms with Crippen molar-refractivity contribution in [2.24, 2.45) is 4.99 Å². The van der Waals surface area contributed by atoms with Gasteiger partial charge in [-0.15, -0.1) is 0 Å². The minimum atomic E-state index is -0.228. The number of nitrogens with zero attached hydrogens (tertiary/aromatic N) is 1. The molecule has 0 aliphatic carbocycles. The molecule has 0 unspecified atom stereocenters. The molecule has 1 N–H and O–H groups in total. The van der Waals surface area contributed by atoms with Crippen molar-refractivity contribution in [1.82, 2.24) is 5.32 Å². The fourth-order valence-electron chi connectivity index (χ4n) is 3.84. The number of amides is 1. The molecule has 4 aromatic carbocycles. The fourth-order valence-corrected chi connectivity index (χ4v) is 5.75. The number of ether oxygens (including phenoxy) is 2. The summed E-state index contributed by atoms with van der Waals surface area (Å²) in [4.78, 5) is 17.6. The minimum absolute atomic E-state index is 0.228. The number of aliphatic imine (C=N–C) groups is 1. The first-order valence-corrected chi connectivity index (χ1v) is 13.8. The average Bonchev–Trinajstić information content (AvgIpc) is 3.23. The maximum atomic E-state index is 12.6. The molecule has 1 heterocycles. The molecule has 1 aliphatic rings. The van der Waals surface area contributed by atoms with Crippen LogP contribution in [0.5, 0.6) is 11.5 Å². The number of rotatable bonds is 6. The van der Waals surface area contributed by atoms with Gasteiger partial charge in [0, 0.05) is 0 Å². The Hall–Kier alpha value is -2.72. The smallest absolute Gasteiger partial charge is 0.264 e. The fraction of sp³-hybridized carbons (Fsp3) is 0.0714. The summed E-state index contributed by atoms with van der Waals surface area (Å²) >= 11 is 15.5. The maximum absolute atomic E-state index is 12.6. The van der Waals surface area contributed by atoms with Crippen molar-refractivity contribution in [2.75, 3.05) is 7.11 Å². The molecule has 1 aliphatic heterocycles. The van der Waals surface area contributed by atoms with E-state index in [9.17, 15) is 4.79 Å². The summed E-state index contributed by atoms with van der Waals surface area (Å²) in [6, 6.07) is 23.3. The van der Waals surface area contributed by atoms with Gasteiger partial charge < -0.3 is 14.8 Å². The van der Waals surface area contributed by atoms with Crippen LogP contribution in [-0.2, 0) is 11.4 Å². The number of amidine groups is 1. The Morgan fingerprint density at radius 2 is 1.84 bits per heavy atom. The zero-order valence-electron chi connectivity index (χ0n) is 19.4. The van der Waals surface area contributed by atoms with E-state index >= 15 is 0 Å². The number of fused-ring (bicyclic) bond motifs is 1. The van der Waals surface area contributed by atoms with Gasteiger partial charge in [-0.1, -0.05) is 65.7 Å². The van der Waals surface area contributed by atoms with Gasteiger partial charge in [0.2, 0.25) is 0 Å². The number of methoxy groups -OCH3 is 1. The summed E-state index contributed by atoms with van der Waals surface area (Å²) < 4.78 is 12.7. The Bertz CT molecular complexity index is 1580. The average molecular weight is 661 g/mol. The van der Waals surface area contributed by atoms with Crippen LogP contribution >= 0.6 is 57.6 Å². The third-order valence-electron chi connectivity index (χ3n) is 5.59. The molecular weight excluding hydrogens is 642 g/mol. The SMILES string of the molecule is COc1cc(/C=C2/SC(=Nc3ccc(Cl)c(Cl)c3)NC2=O)cc(I)c1OCc1cccc2ccccc12. The van der Waals surface area contributed by atoms with Gasteiger partial charge in [0.25, 0.3) is 5.91 Å². The van der Waals surface area contributed by atoms with E-state index in [0.717, 1.165) is 20.1 Å². The lowest BCUT2D eigenvalue weighted by atomic mass is 10.1. The quantitative estimate of drug-likeness (QED) is 0.167. The number of thioether (sulfide) groups is 1. The zero-order chi connectivity index (χ0) is 25.9. The molecule has 1 amide bonds. The van der Waals surface area contributed by atoms with Gasteiger partial charge in [0.15, 0.2) is 16.7 Å². The van der Waals surface area contributed by atoms with Crippen LogP contribution in [0.2, 0.25) is 10.0 Å². The number of carbonyl (C=O) groups excluding carboxylic acids is 1. The normalized spacial score (nSPS) is 15.4. The van der Waals surface area contributed by atoms with E-state index in [4.69, 9.17) is 32.7 Å². The molecule has 4 aromatic rings. The van der Waals surface area contributed by atoms with Crippen molar-refractivity contribution < 1.29 is 14.3 Å². The molecule has 0 radical (unpaired) electrons. The Morgan fingerprint density at radius 3 is 2.65 bits per heavy atom. The standard InChI is InChI=1S/C28H19Cl2IN2O3S/c1-35-24-12-16(13-25-27(34)33-28(37-25)32-19-9-10-21(29)22(30)14-19)11-23(31)26(24)36-15-18-7-4-6-17-5-2-3-8-20(17)18/h2-14H,15H2,1H3,(H,32,33,34)/b25-13+. The van der Waals surface area contributed by atoms with Crippen molar-refractivity contribution in [3.63, 3.8) is 0 Å². The number of hydrogen-bond donors (Lipinski definition) is 1. The molecular formula is C28H19Cl2IN2O3S. The van der Waals surface area contributed by atoms with Crippen LogP contribution in [0.4, 0.5) is 5.69 Å². The van der Waals surface area contributed by atoms with Crippen LogP contribution < -0.4 is 14.8 Å². The van der Waals surface area contributed by atoms with Gasteiger partial charge >= 0.3 is 0 Å². The topological polar surface area (TPSA) is 59.9 Å². The maximum Gasteiger partial charge on any atom is 0.264 e. The molecule has 1 saturated heterocycles. The first kappa shape index (κ1) is 25.9. The summed E-state index contributed by atoms with van der Waals surface area (Å²) in [7, 11) is 1.60. The van der Waals surface area contributed by atoms with Crippen molar-refractivity contribution in [2.45, 2.75) is 6.61 Å². The van der Waals surface area contributed by atoms with E-state index in [0.29, 0.717) is 43.9 Å². The van der Waals surface area contributed by atoms with Crippen molar-refractivity contribution in [1.29, 1.82) is 0 Å². The van der Waals surface area contributed by atoms with Gasteiger partial charge in [-0.3, -0.25) is 4.79 Å². The van der Waals surface area contributed by atoms with Crippen LogP contribution in [-0.4, -0.2) is 18.2 Å². The first-order valence-electron chi connectivity index (χ1n) is 11.1. The van der Waals surface area contributed by atoms with Crippen LogP contribution in [0.25, 0.3) is 16.8 Å². The Balaban J connectivity index is 1.37. The summed E-state index contributed by atoms with van der Waals surface area (Å²) in [5.74, 6) is 1.02. The predicted molar refractivity (Wildman–Crippen MR) is 161 cm³/mol. The zero-order valence-corrected chi connectivity index (χ0v) is 23.9. The van der Waals surface area contributed by atoms with Crippen molar-refractivity contribution in [3.05, 3.63) is 102 Å². The van der Waals surface area contributed by atoms with E-state index in [1.807, 2.05) is 30.3 Å². The lowest BCUT2D eigenvalue weighted by Gasteiger charge is -2.15. The number of benzene rings is 4. The number of halogens is 3. The number of hydrogen-bond acceptors (Lipinski definition) is 5. The molecule has 0 saturated carbocycles. The molecule has 5 rings (SSSR count). The molecule has 0 aromatic heterocycles. The molecule has 9 heteroatoms. The molecule has 0 bridgehead atoms. The molecule has 0 atom stereocenters. The second-order valence-electron chi connectivity index (χ2n) is 8.04. The summed E-state index contributed by atoms with van der Waals surface area (Å²) in [5, 5.41) is 6.42.